The van der Waals surface area contributed by atoms with Crippen LogP contribution in [0.1, 0.15) is 33.6 Å². The zero-order chi connectivity index (χ0) is 19.5. The third-order valence-corrected chi connectivity index (χ3v) is 6.08. The van der Waals surface area contributed by atoms with Gasteiger partial charge < -0.3 is 16.4 Å². The van der Waals surface area contributed by atoms with E-state index in [1.165, 1.54) is 38.1 Å². The summed E-state index contributed by atoms with van der Waals surface area (Å²) in [5.74, 6) is -0.326. The summed E-state index contributed by atoms with van der Waals surface area (Å²) in [7, 11) is -3.87. The summed E-state index contributed by atoms with van der Waals surface area (Å²) in [5, 5.41) is 5.43. The van der Waals surface area contributed by atoms with Crippen molar-refractivity contribution in [2.24, 2.45) is 11.7 Å². The van der Waals surface area contributed by atoms with E-state index in [1.807, 2.05) is 6.92 Å². The number of nitrogens with one attached hydrogen (secondary N) is 3. The molecule has 8 nitrogen and oxygen atoms in total. The maximum Gasteiger partial charge on any atom is 0.241 e. The van der Waals surface area contributed by atoms with Gasteiger partial charge >= 0.3 is 0 Å². The molecule has 0 bridgehead atoms. The highest BCUT2D eigenvalue weighted by molar-refractivity contribution is 7.89. The molecule has 10 heteroatoms. The largest absolute Gasteiger partial charge is 0.348 e. The molecule has 152 valence electrons. The first-order chi connectivity index (χ1) is 12.1. The van der Waals surface area contributed by atoms with E-state index in [-0.39, 0.29) is 23.2 Å². The highest BCUT2D eigenvalue weighted by atomic mass is 35.5. The van der Waals surface area contributed by atoms with E-state index < -0.39 is 27.5 Å². The number of carbonyl (C=O) groups excluding carboxylic acids is 2. The smallest absolute Gasteiger partial charge is 0.241 e. The molecule has 1 aliphatic carbocycles. The van der Waals surface area contributed by atoms with Crippen LogP contribution in [0.5, 0.6) is 0 Å². The fourth-order valence-corrected chi connectivity index (χ4v) is 3.91. The number of rotatable bonds is 8. The van der Waals surface area contributed by atoms with Gasteiger partial charge in [0.15, 0.2) is 0 Å². The molecular formula is C17H27ClN4O4S. The molecule has 2 atom stereocenters. The van der Waals surface area contributed by atoms with Gasteiger partial charge in [0.1, 0.15) is 0 Å². The zero-order valence-corrected chi connectivity index (χ0v) is 17.2. The number of benzene rings is 1. The summed E-state index contributed by atoms with van der Waals surface area (Å²) in [5.41, 5.74) is 5.75. The van der Waals surface area contributed by atoms with Crippen molar-refractivity contribution < 1.29 is 18.0 Å². The third-order valence-electron chi connectivity index (χ3n) is 4.52. The molecule has 0 heterocycles. The highest BCUT2D eigenvalue weighted by Gasteiger charge is 2.42. The molecule has 1 fully saturated rings. The molecular weight excluding hydrogens is 392 g/mol. The monoisotopic (exact) mass is 418 g/mol. The number of sulfonamides is 1. The molecule has 2 rings (SSSR count). The van der Waals surface area contributed by atoms with Crippen LogP contribution in [-0.4, -0.2) is 38.4 Å². The first kappa shape index (κ1) is 23.4. The first-order valence-electron chi connectivity index (χ1n) is 8.49. The van der Waals surface area contributed by atoms with Crippen molar-refractivity contribution in [3.8, 4) is 0 Å². The molecule has 1 saturated carbocycles. The van der Waals surface area contributed by atoms with E-state index in [1.54, 1.807) is 0 Å². The average Bonchev–Trinajstić information content (AvgIpc) is 3.39. The predicted octanol–water partition coefficient (Wildman–Crippen LogP) is 0.977. The molecule has 1 aromatic rings. The van der Waals surface area contributed by atoms with Gasteiger partial charge in [0.2, 0.25) is 21.8 Å². The Labute approximate surface area is 166 Å². The van der Waals surface area contributed by atoms with Gasteiger partial charge in [0.25, 0.3) is 0 Å². The van der Waals surface area contributed by atoms with Gasteiger partial charge in [-0.1, -0.05) is 0 Å². The van der Waals surface area contributed by atoms with Gasteiger partial charge in [-0.3, -0.25) is 9.59 Å². The quantitative estimate of drug-likeness (QED) is 0.499. The molecule has 0 aromatic heterocycles. The van der Waals surface area contributed by atoms with Crippen molar-refractivity contribution in [1.29, 1.82) is 0 Å². The molecule has 0 spiro atoms. The Hall–Kier alpha value is -1.68. The second-order valence-electron chi connectivity index (χ2n) is 6.93. The van der Waals surface area contributed by atoms with Gasteiger partial charge in [0.05, 0.1) is 16.5 Å². The van der Waals surface area contributed by atoms with Crippen LogP contribution in [0.25, 0.3) is 0 Å². The highest BCUT2D eigenvalue weighted by Crippen LogP contribution is 2.39. The van der Waals surface area contributed by atoms with E-state index in [2.05, 4.69) is 15.4 Å². The summed E-state index contributed by atoms with van der Waals surface area (Å²) >= 11 is 0. The summed E-state index contributed by atoms with van der Waals surface area (Å²) < 4.78 is 27.3. The van der Waals surface area contributed by atoms with Gasteiger partial charge in [0, 0.05) is 19.2 Å². The fraction of sp³-hybridized carbons (Fsp3) is 0.529. The van der Waals surface area contributed by atoms with E-state index in [4.69, 9.17) is 5.73 Å². The maximum absolute atomic E-state index is 12.5. The number of hydrogen-bond acceptors (Lipinski definition) is 5. The molecule has 2 amide bonds. The Bertz CT molecular complexity index is 781. The lowest BCUT2D eigenvalue weighted by molar-refractivity contribution is -0.124. The third kappa shape index (κ3) is 6.17. The average molecular weight is 419 g/mol. The summed E-state index contributed by atoms with van der Waals surface area (Å²) in [6.45, 7) is 5.03. The van der Waals surface area contributed by atoms with Crippen LogP contribution in [0.3, 0.4) is 0 Å². The number of carbonyl (C=O) groups is 2. The SMILES string of the molecule is CC(=O)Nc1ccc(S(=O)(=O)NC(C)C(=O)NC(C)(CN)C2CC2)cc1.Cl. The standard InChI is InChI=1S/C17H26N4O4S.ClH/c1-11(16(23)20-17(3,10-18)13-4-5-13)21-26(24,25)15-8-6-14(7-9-15)19-12(2)22;/h6-9,11,13,21H,4-5,10,18H2,1-3H3,(H,19,22)(H,20,23);1H. The molecule has 2 unspecified atom stereocenters. The predicted molar refractivity (Wildman–Crippen MR) is 106 cm³/mol. The van der Waals surface area contributed by atoms with Gasteiger partial charge in [-0.05, 0) is 56.9 Å². The van der Waals surface area contributed by atoms with Crippen molar-refractivity contribution >= 4 is 39.9 Å². The minimum Gasteiger partial charge on any atom is -0.348 e. The number of nitrogens with two attached hydrogens (primary N) is 1. The molecule has 1 aromatic carbocycles. The van der Waals surface area contributed by atoms with E-state index >= 15 is 0 Å². The van der Waals surface area contributed by atoms with Crippen LogP contribution >= 0.6 is 12.4 Å². The number of amides is 2. The van der Waals surface area contributed by atoms with Crippen molar-refractivity contribution in [3.63, 3.8) is 0 Å². The van der Waals surface area contributed by atoms with Crippen LogP contribution in [0.15, 0.2) is 29.2 Å². The van der Waals surface area contributed by atoms with Crippen molar-refractivity contribution in [2.45, 2.75) is 50.1 Å². The lowest BCUT2D eigenvalue weighted by Gasteiger charge is -2.31. The van der Waals surface area contributed by atoms with Crippen LogP contribution in [0.2, 0.25) is 0 Å². The van der Waals surface area contributed by atoms with Crippen LogP contribution in [0, 0.1) is 5.92 Å². The van der Waals surface area contributed by atoms with Gasteiger partial charge in [-0.2, -0.15) is 4.72 Å². The minimum absolute atomic E-state index is 0. The van der Waals surface area contributed by atoms with Crippen molar-refractivity contribution in [3.05, 3.63) is 24.3 Å². The second kappa shape index (κ2) is 9.01. The molecule has 0 saturated heterocycles. The van der Waals surface area contributed by atoms with E-state index in [0.29, 0.717) is 18.2 Å². The summed E-state index contributed by atoms with van der Waals surface area (Å²) in [6.07, 6.45) is 2.02. The zero-order valence-electron chi connectivity index (χ0n) is 15.6. The fourth-order valence-electron chi connectivity index (χ4n) is 2.70. The summed E-state index contributed by atoms with van der Waals surface area (Å²) in [4.78, 5) is 23.4. The first-order valence-corrected chi connectivity index (χ1v) is 9.98. The lowest BCUT2D eigenvalue weighted by atomic mass is 9.95. The van der Waals surface area contributed by atoms with Crippen LogP contribution in [-0.2, 0) is 19.6 Å². The molecule has 5 N–H and O–H groups in total. The Morgan fingerprint density at radius 2 is 1.81 bits per heavy atom. The Balaban J connectivity index is 0.00000364. The van der Waals surface area contributed by atoms with Crippen molar-refractivity contribution in [2.75, 3.05) is 11.9 Å². The Kier molecular flexibility index (Phi) is 7.79. The van der Waals surface area contributed by atoms with E-state index in [0.717, 1.165) is 12.8 Å². The van der Waals surface area contributed by atoms with Crippen molar-refractivity contribution in [1.82, 2.24) is 10.0 Å². The molecule has 1 aliphatic rings. The van der Waals surface area contributed by atoms with Crippen LogP contribution < -0.4 is 21.1 Å². The lowest BCUT2D eigenvalue weighted by Crippen LogP contribution is -2.57. The maximum atomic E-state index is 12.5. The number of halogens is 1. The Morgan fingerprint density at radius 1 is 1.26 bits per heavy atom. The number of hydrogen-bond donors (Lipinski definition) is 4. The van der Waals surface area contributed by atoms with Crippen LogP contribution in [0.4, 0.5) is 5.69 Å². The molecule has 0 radical (unpaired) electrons. The molecule has 0 aliphatic heterocycles. The van der Waals surface area contributed by atoms with Gasteiger partial charge in [-0.15, -0.1) is 12.4 Å². The number of anilines is 1. The van der Waals surface area contributed by atoms with Gasteiger partial charge in [-0.25, -0.2) is 8.42 Å². The molecule has 27 heavy (non-hydrogen) atoms. The Morgan fingerprint density at radius 3 is 2.26 bits per heavy atom. The topological polar surface area (TPSA) is 130 Å². The second-order valence-corrected chi connectivity index (χ2v) is 8.65. The summed E-state index contributed by atoms with van der Waals surface area (Å²) in [6, 6.07) is 4.76. The minimum atomic E-state index is -3.87. The van der Waals surface area contributed by atoms with E-state index in [9.17, 15) is 18.0 Å². The normalized spacial score (nSPS) is 17.2.